The number of anilines is 3. The minimum absolute atomic E-state index is 0.102. The Balaban J connectivity index is 0.000000821. The van der Waals surface area contributed by atoms with E-state index in [2.05, 4.69) is 53.0 Å². The van der Waals surface area contributed by atoms with Crippen molar-refractivity contribution in [3.05, 3.63) is 46.2 Å². The molecule has 32 heavy (non-hydrogen) atoms. The number of benzene rings is 1. The van der Waals surface area contributed by atoms with E-state index in [0.29, 0.717) is 30.2 Å². The van der Waals surface area contributed by atoms with E-state index in [1.54, 1.807) is 29.5 Å². The number of terminal acetylenes is 1. The van der Waals surface area contributed by atoms with Crippen LogP contribution in [0.15, 0.2) is 35.7 Å². The van der Waals surface area contributed by atoms with E-state index >= 15 is 0 Å². The summed E-state index contributed by atoms with van der Waals surface area (Å²) >= 11 is 2.72. The standard InChI is InChI=1S/C14H12N4O2S2.C4H10.C3H9N.C2H2/c19-8-9-3-1-5-11(12(9)20)16-14-13(17-22-18-14)15-7-10-4-2-6-21-10;2*1-4(2)3;1-2/h1-6,8,20H,7H2,(H,15,17)(H,16,18);4H,1-3H3;1-3H3;1-2H. The lowest BCUT2D eigenvalue weighted by molar-refractivity contribution is 0.112. The fourth-order valence-corrected chi connectivity index (χ4v) is 2.99. The van der Waals surface area contributed by atoms with Gasteiger partial charge in [-0.05, 0) is 50.6 Å². The predicted octanol–water partition coefficient (Wildman–Crippen LogP) is 5.56. The quantitative estimate of drug-likeness (QED) is 0.244. The molecule has 3 aromatic rings. The summed E-state index contributed by atoms with van der Waals surface area (Å²) in [4.78, 5) is 14.0. The van der Waals surface area contributed by atoms with Gasteiger partial charge in [-0.3, -0.25) is 4.79 Å². The van der Waals surface area contributed by atoms with Gasteiger partial charge >= 0.3 is 0 Å². The van der Waals surface area contributed by atoms with Crippen LogP contribution in [0.25, 0.3) is 0 Å². The molecule has 174 valence electrons. The first-order valence-corrected chi connectivity index (χ1v) is 11.4. The summed E-state index contributed by atoms with van der Waals surface area (Å²) in [6, 6.07) is 8.92. The van der Waals surface area contributed by atoms with Crippen molar-refractivity contribution in [3.63, 3.8) is 0 Å². The summed E-state index contributed by atoms with van der Waals surface area (Å²) in [6.07, 6.45) is 8.61. The van der Waals surface area contributed by atoms with E-state index in [9.17, 15) is 9.90 Å². The second-order valence-electron chi connectivity index (χ2n) is 7.45. The van der Waals surface area contributed by atoms with Gasteiger partial charge < -0.3 is 20.6 Å². The van der Waals surface area contributed by atoms with E-state index in [0.717, 1.165) is 17.6 Å². The van der Waals surface area contributed by atoms with Gasteiger partial charge in [0.25, 0.3) is 0 Å². The molecule has 0 aliphatic carbocycles. The number of carbonyl (C=O) groups is 1. The van der Waals surface area contributed by atoms with Crippen LogP contribution in [0, 0.1) is 18.8 Å². The van der Waals surface area contributed by atoms with Crippen molar-refractivity contribution in [1.82, 2.24) is 13.6 Å². The maximum absolute atomic E-state index is 10.9. The first-order chi connectivity index (χ1) is 15.2. The van der Waals surface area contributed by atoms with Gasteiger partial charge in [-0.25, -0.2) is 0 Å². The van der Waals surface area contributed by atoms with Crippen LogP contribution < -0.4 is 10.6 Å². The Morgan fingerprint density at radius 2 is 1.69 bits per heavy atom. The molecule has 9 heteroatoms. The van der Waals surface area contributed by atoms with Gasteiger partial charge in [-0.1, -0.05) is 32.9 Å². The van der Waals surface area contributed by atoms with Crippen molar-refractivity contribution in [3.8, 4) is 18.6 Å². The highest BCUT2D eigenvalue weighted by molar-refractivity contribution is 7.09. The number of hydrogen-bond donors (Lipinski definition) is 3. The highest BCUT2D eigenvalue weighted by Crippen LogP contribution is 2.31. The van der Waals surface area contributed by atoms with Gasteiger partial charge in [0.1, 0.15) is 5.75 Å². The first-order valence-electron chi connectivity index (χ1n) is 9.81. The zero-order valence-electron chi connectivity index (χ0n) is 19.5. The number of thiophene rings is 1. The van der Waals surface area contributed by atoms with Crippen LogP contribution in [0.2, 0.25) is 0 Å². The number of para-hydroxylation sites is 1. The van der Waals surface area contributed by atoms with Gasteiger partial charge in [0.2, 0.25) is 0 Å². The van der Waals surface area contributed by atoms with Crippen LogP contribution >= 0.6 is 23.1 Å². The minimum atomic E-state index is -0.102. The average molecular weight is 476 g/mol. The number of aromatic hydroxyl groups is 1. The minimum Gasteiger partial charge on any atom is -0.505 e. The van der Waals surface area contributed by atoms with Crippen LogP contribution in [-0.2, 0) is 6.54 Å². The summed E-state index contributed by atoms with van der Waals surface area (Å²) in [5.74, 6) is 1.85. The van der Waals surface area contributed by atoms with Crippen molar-refractivity contribution < 1.29 is 9.90 Å². The molecule has 0 unspecified atom stereocenters. The molecule has 0 atom stereocenters. The molecule has 0 saturated heterocycles. The van der Waals surface area contributed by atoms with E-state index < -0.39 is 0 Å². The topological polar surface area (TPSA) is 90.4 Å². The Hall–Kier alpha value is -2.93. The third kappa shape index (κ3) is 12.1. The smallest absolute Gasteiger partial charge is 0.188 e. The van der Waals surface area contributed by atoms with Gasteiger partial charge in [0.15, 0.2) is 17.9 Å². The summed E-state index contributed by atoms with van der Waals surface area (Å²) in [6.45, 7) is 7.15. The summed E-state index contributed by atoms with van der Waals surface area (Å²) in [5.41, 5.74) is 0.637. The van der Waals surface area contributed by atoms with Gasteiger partial charge in [-0.15, -0.1) is 24.2 Å². The number of nitrogens with zero attached hydrogens (tertiary/aromatic N) is 3. The maximum Gasteiger partial charge on any atom is 0.188 e. The lowest BCUT2D eigenvalue weighted by Gasteiger charge is -2.09. The molecule has 1 aromatic carbocycles. The third-order valence-corrected chi connectivity index (χ3v) is 4.35. The number of hydrogen-bond acceptors (Lipinski definition) is 9. The predicted molar refractivity (Wildman–Crippen MR) is 138 cm³/mol. The normalized spacial score (nSPS) is 9.44. The monoisotopic (exact) mass is 475 g/mol. The Morgan fingerprint density at radius 1 is 1.09 bits per heavy atom. The van der Waals surface area contributed by atoms with Gasteiger partial charge in [0.05, 0.1) is 29.5 Å². The van der Waals surface area contributed by atoms with Crippen LogP contribution in [-0.4, -0.2) is 46.2 Å². The van der Waals surface area contributed by atoms with Gasteiger partial charge in [-0.2, -0.15) is 8.75 Å². The molecule has 0 saturated carbocycles. The summed E-state index contributed by atoms with van der Waals surface area (Å²) < 4.78 is 8.36. The number of phenolic OH excluding ortho intramolecular Hbond substituents is 1. The van der Waals surface area contributed by atoms with Crippen molar-refractivity contribution in [1.29, 1.82) is 0 Å². The van der Waals surface area contributed by atoms with Crippen LogP contribution in [0.5, 0.6) is 5.75 Å². The molecule has 2 heterocycles. The van der Waals surface area contributed by atoms with E-state index in [1.807, 2.05) is 43.6 Å². The zero-order valence-corrected chi connectivity index (χ0v) is 21.1. The van der Waals surface area contributed by atoms with Gasteiger partial charge in [0, 0.05) is 4.88 Å². The fraction of sp³-hybridized carbons (Fsp3) is 0.348. The number of carbonyl (C=O) groups excluding carboxylic acids is 1. The number of phenols is 1. The molecule has 7 nitrogen and oxygen atoms in total. The molecule has 0 amide bonds. The van der Waals surface area contributed by atoms with Crippen molar-refractivity contribution >= 4 is 46.7 Å². The number of aromatic nitrogens is 2. The largest absolute Gasteiger partial charge is 0.505 e. The molecule has 2 aromatic heterocycles. The molecule has 0 radical (unpaired) electrons. The molecule has 0 aliphatic heterocycles. The highest BCUT2D eigenvalue weighted by Gasteiger charge is 2.12. The van der Waals surface area contributed by atoms with Crippen molar-refractivity contribution in [2.45, 2.75) is 27.3 Å². The molecule has 0 fully saturated rings. The van der Waals surface area contributed by atoms with E-state index in [-0.39, 0.29) is 11.3 Å². The van der Waals surface area contributed by atoms with Crippen LogP contribution in [0.3, 0.4) is 0 Å². The maximum atomic E-state index is 10.9. The lowest BCUT2D eigenvalue weighted by Crippen LogP contribution is -2.01. The van der Waals surface area contributed by atoms with Crippen molar-refractivity contribution in [2.75, 3.05) is 31.8 Å². The Labute approximate surface area is 199 Å². The molecule has 3 N–H and O–H groups in total. The molecule has 3 rings (SSSR count). The fourth-order valence-electron chi connectivity index (χ4n) is 1.86. The van der Waals surface area contributed by atoms with E-state index in [1.165, 1.54) is 4.88 Å². The Bertz CT molecular complexity index is 895. The van der Waals surface area contributed by atoms with E-state index in [4.69, 9.17) is 0 Å². The molecular weight excluding hydrogens is 442 g/mol. The third-order valence-electron chi connectivity index (χ3n) is 2.95. The molecular formula is C23H33N5O2S2. The van der Waals surface area contributed by atoms with Crippen molar-refractivity contribution in [2.24, 2.45) is 5.92 Å². The summed E-state index contributed by atoms with van der Waals surface area (Å²) in [7, 11) is 6.00. The zero-order chi connectivity index (χ0) is 24.5. The summed E-state index contributed by atoms with van der Waals surface area (Å²) in [5, 5.41) is 18.2. The number of aldehydes is 1. The number of nitrogens with one attached hydrogen (secondary N) is 2. The molecule has 0 spiro atoms. The lowest BCUT2D eigenvalue weighted by atomic mass is 10.2. The second kappa shape index (κ2) is 16.7. The molecule has 0 aliphatic rings. The highest BCUT2D eigenvalue weighted by atomic mass is 32.1. The second-order valence-corrected chi connectivity index (χ2v) is 9.01. The van der Waals surface area contributed by atoms with Crippen LogP contribution in [0.1, 0.15) is 36.0 Å². The number of rotatable bonds is 6. The first kappa shape index (κ1) is 29.1. The Morgan fingerprint density at radius 3 is 2.22 bits per heavy atom. The molecule has 0 bridgehead atoms. The average Bonchev–Trinajstić information content (AvgIpc) is 3.40. The van der Waals surface area contributed by atoms with Crippen LogP contribution in [0.4, 0.5) is 17.3 Å². The SMILES string of the molecule is C#C.CC(C)C.CN(C)C.O=Cc1cccc(Nc2nsnc2NCc2cccs2)c1O. The Kier molecular flexibility index (Phi) is 15.2.